The highest BCUT2D eigenvalue weighted by Crippen LogP contribution is 2.55. The van der Waals surface area contributed by atoms with Gasteiger partial charge in [-0.05, 0) is 41.6 Å². The van der Waals surface area contributed by atoms with Crippen molar-refractivity contribution in [3.63, 3.8) is 0 Å². The van der Waals surface area contributed by atoms with Gasteiger partial charge < -0.3 is 9.26 Å². The van der Waals surface area contributed by atoms with Crippen molar-refractivity contribution in [2.75, 3.05) is 6.61 Å². The zero-order chi connectivity index (χ0) is 20.8. The van der Waals surface area contributed by atoms with Gasteiger partial charge in [0.2, 0.25) is 0 Å². The molecule has 1 aromatic carbocycles. The first-order valence-corrected chi connectivity index (χ1v) is 11.3. The molecule has 1 fully saturated rings. The van der Waals surface area contributed by atoms with E-state index in [1.165, 1.54) is 13.1 Å². The summed E-state index contributed by atoms with van der Waals surface area (Å²) in [6, 6.07) is 5.37. The maximum absolute atomic E-state index is 14.4. The minimum Gasteiger partial charge on any atom is -0.404 e. The zero-order valence-electron chi connectivity index (χ0n) is 15.2. The first-order valence-electron chi connectivity index (χ1n) is 8.73. The van der Waals surface area contributed by atoms with Gasteiger partial charge in [0.05, 0.1) is 13.2 Å². The lowest BCUT2D eigenvalue weighted by molar-refractivity contribution is -0.0370. The first-order chi connectivity index (χ1) is 13.7. The second-order valence-corrected chi connectivity index (χ2v) is 9.56. The number of phosphoric ester groups is 1. The van der Waals surface area contributed by atoms with E-state index in [-0.39, 0.29) is 19.6 Å². The number of ether oxygens (including phenoxy) is 1. The Morgan fingerprint density at radius 3 is 3.00 bits per heavy atom. The highest BCUT2D eigenvalue weighted by Gasteiger charge is 2.41. The highest BCUT2D eigenvalue weighted by molar-refractivity contribution is 14.1. The molecule has 12 heteroatoms. The van der Waals surface area contributed by atoms with Gasteiger partial charge in [0.1, 0.15) is 24.3 Å². The fourth-order valence-corrected chi connectivity index (χ4v) is 4.75. The molecule has 4 rings (SSSR count). The Hall–Kier alpha value is -1.53. The first kappa shape index (κ1) is 20.7. The van der Waals surface area contributed by atoms with E-state index in [2.05, 4.69) is 27.6 Å². The van der Waals surface area contributed by atoms with Gasteiger partial charge in [-0.25, -0.2) is 13.8 Å². The molecule has 0 saturated carbocycles. The molecule has 1 aromatic heterocycles. The predicted octanol–water partition coefficient (Wildman–Crippen LogP) is 2.81. The second-order valence-electron chi connectivity index (χ2n) is 6.72. The number of H-pyrrole nitrogens is 1. The summed E-state index contributed by atoms with van der Waals surface area (Å²) >= 11 is 2.10. The van der Waals surface area contributed by atoms with E-state index >= 15 is 0 Å². The minimum atomic E-state index is -3.93. The smallest absolute Gasteiger partial charge is 0.404 e. The molecule has 9 nitrogen and oxygen atoms in total. The summed E-state index contributed by atoms with van der Waals surface area (Å²) in [5, 5.41) is 0. The van der Waals surface area contributed by atoms with Crippen LogP contribution in [-0.4, -0.2) is 28.4 Å². The SMILES string of the molecule is Cc1cn([C@H]2C[C@@H](F)[C@@H](COP3(=O)OCc4ccc([125I])cc4O3)O2)c(=O)[nH]c1=O. The molecule has 156 valence electrons. The van der Waals surface area contributed by atoms with Gasteiger partial charge in [-0.15, -0.1) is 0 Å². The van der Waals surface area contributed by atoms with Crippen molar-refractivity contribution in [3.05, 3.63) is 59.9 Å². The van der Waals surface area contributed by atoms with Gasteiger partial charge in [-0.1, -0.05) is 6.07 Å². The van der Waals surface area contributed by atoms with Crippen molar-refractivity contribution in [2.24, 2.45) is 0 Å². The number of aromatic amines is 1. The van der Waals surface area contributed by atoms with Gasteiger partial charge in [-0.2, -0.15) is 0 Å². The van der Waals surface area contributed by atoms with E-state index in [0.717, 1.165) is 13.7 Å². The second kappa shape index (κ2) is 7.95. The van der Waals surface area contributed by atoms with Crippen LogP contribution >= 0.6 is 30.4 Å². The standard InChI is InChI=1S/C17H17FIN2O7P/c1-9-6-21(17(23)20-16(9)22)15-5-12(18)14(27-15)8-26-29(24)25-7-10-2-3-11(19)4-13(10)28-29/h2-4,6,12,14-15H,5,7-8H2,1H3,(H,20,22,23)/t12-,14-,15-,29?/m1/s1/i19-2. The van der Waals surface area contributed by atoms with Crippen LogP contribution in [0.3, 0.4) is 0 Å². The molecule has 1 saturated heterocycles. The largest absolute Gasteiger partial charge is 0.530 e. The van der Waals surface area contributed by atoms with Gasteiger partial charge in [0.15, 0.2) is 0 Å². The maximum atomic E-state index is 14.4. The summed E-state index contributed by atoms with van der Waals surface area (Å²) < 4.78 is 50.6. The molecule has 2 aromatic rings. The Morgan fingerprint density at radius 2 is 2.21 bits per heavy atom. The molecule has 29 heavy (non-hydrogen) atoms. The zero-order valence-corrected chi connectivity index (χ0v) is 18.2. The number of halogens is 2. The normalized spacial score (nSPS) is 28.7. The number of hydrogen-bond donors (Lipinski definition) is 1. The van der Waals surface area contributed by atoms with Crippen molar-refractivity contribution in [1.29, 1.82) is 0 Å². The third kappa shape index (κ3) is 4.33. The van der Waals surface area contributed by atoms with Crippen LogP contribution in [0.15, 0.2) is 34.0 Å². The Morgan fingerprint density at radius 1 is 1.41 bits per heavy atom. The fraction of sp³-hybridized carbons (Fsp3) is 0.412. The molecule has 0 bridgehead atoms. The fourth-order valence-electron chi connectivity index (χ4n) is 3.07. The topological polar surface area (TPSA) is 109 Å². The molecule has 0 spiro atoms. The molecule has 2 aliphatic heterocycles. The van der Waals surface area contributed by atoms with Gasteiger partial charge in [0.25, 0.3) is 5.56 Å². The van der Waals surface area contributed by atoms with Gasteiger partial charge in [0, 0.05) is 27.3 Å². The summed E-state index contributed by atoms with van der Waals surface area (Å²) in [7, 11) is -3.93. The molecule has 1 unspecified atom stereocenters. The average Bonchev–Trinajstić information content (AvgIpc) is 3.03. The van der Waals surface area contributed by atoms with E-state index in [4.69, 9.17) is 18.3 Å². The van der Waals surface area contributed by atoms with Crippen molar-refractivity contribution in [2.45, 2.75) is 38.5 Å². The molecule has 3 heterocycles. The van der Waals surface area contributed by atoms with E-state index in [1.54, 1.807) is 12.1 Å². The van der Waals surface area contributed by atoms with Crippen molar-refractivity contribution in [3.8, 4) is 5.75 Å². The van der Waals surface area contributed by atoms with Crippen molar-refractivity contribution < 1.29 is 27.3 Å². The Balaban J connectivity index is 1.43. The average molecular weight is 536 g/mol. The molecule has 1 N–H and O–H groups in total. The van der Waals surface area contributed by atoms with E-state index < -0.39 is 37.6 Å². The Kier molecular flexibility index (Phi) is 5.68. The predicted molar refractivity (Wildman–Crippen MR) is 108 cm³/mol. The van der Waals surface area contributed by atoms with Gasteiger partial charge in [-0.3, -0.25) is 23.4 Å². The summed E-state index contributed by atoms with van der Waals surface area (Å²) in [5.41, 5.74) is -0.184. The third-order valence-electron chi connectivity index (χ3n) is 4.63. The lowest BCUT2D eigenvalue weighted by atomic mass is 10.2. The number of rotatable bonds is 4. The quantitative estimate of drug-likeness (QED) is 0.473. The number of hydrogen-bond acceptors (Lipinski definition) is 7. The molecular formula is C17H17FIN2O7P. The van der Waals surface area contributed by atoms with Crippen LogP contribution in [0, 0.1) is 10.5 Å². The van der Waals surface area contributed by atoms with Crippen LogP contribution in [-0.2, 0) is 25.0 Å². The van der Waals surface area contributed by atoms with Crippen LogP contribution in [0.1, 0.15) is 23.8 Å². The highest BCUT2D eigenvalue weighted by atomic mass is 125. The van der Waals surface area contributed by atoms with E-state index in [9.17, 15) is 18.5 Å². The maximum Gasteiger partial charge on any atom is 0.530 e. The van der Waals surface area contributed by atoms with Crippen LogP contribution < -0.4 is 15.8 Å². The van der Waals surface area contributed by atoms with Crippen LogP contribution in [0.25, 0.3) is 0 Å². The Labute approximate surface area is 177 Å². The summed E-state index contributed by atoms with van der Waals surface area (Å²) in [6.45, 7) is 1.19. The van der Waals surface area contributed by atoms with Crippen LogP contribution in [0.2, 0.25) is 0 Å². The molecule has 0 radical (unpaired) electrons. The lowest BCUT2D eigenvalue weighted by Gasteiger charge is -2.26. The summed E-state index contributed by atoms with van der Waals surface area (Å²) in [6.07, 6.45) is -2.27. The number of aromatic nitrogens is 2. The number of benzene rings is 1. The molecular weight excluding hydrogens is 519 g/mol. The third-order valence-corrected chi connectivity index (χ3v) is 6.63. The van der Waals surface area contributed by atoms with E-state index in [1.807, 2.05) is 6.07 Å². The molecule has 4 atom stereocenters. The number of aryl methyl sites for hydroxylation is 1. The number of alkyl halides is 1. The minimum absolute atomic E-state index is 0.0444. The van der Waals surface area contributed by atoms with Crippen LogP contribution in [0.5, 0.6) is 5.75 Å². The number of phosphoric acid groups is 1. The monoisotopic (exact) mass is 536 g/mol. The summed E-state index contributed by atoms with van der Waals surface area (Å²) in [4.78, 5) is 25.6. The van der Waals surface area contributed by atoms with E-state index in [0.29, 0.717) is 11.3 Å². The Bertz CT molecular complexity index is 1100. The van der Waals surface area contributed by atoms with Crippen LogP contribution in [0.4, 0.5) is 4.39 Å². The number of nitrogens with zero attached hydrogens (tertiary/aromatic N) is 1. The van der Waals surface area contributed by atoms with Crippen molar-refractivity contribution in [1.82, 2.24) is 9.55 Å². The lowest BCUT2D eigenvalue weighted by Crippen LogP contribution is -2.33. The van der Waals surface area contributed by atoms with Crippen molar-refractivity contribution >= 4 is 30.4 Å². The molecule has 0 amide bonds. The van der Waals surface area contributed by atoms with Gasteiger partial charge >= 0.3 is 13.5 Å². The number of nitrogens with one attached hydrogen (secondary N) is 1. The molecule has 0 aliphatic carbocycles. The molecule has 2 aliphatic rings. The summed E-state index contributed by atoms with van der Waals surface area (Å²) in [5.74, 6) is 0.392. The number of fused-ring (bicyclic) bond motifs is 1.